The highest BCUT2D eigenvalue weighted by atomic mass is 32.2. The Morgan fingerprint density at radius 1 is 1.31 bits per heavy atom. The molecule has 2 aromatic rings. The quantitative estimate of drug-likeness (QED) is 0.892. The van der Waals surface area contributed by atoms with Gasteiger partial charge < -0.3 is 14.5 Å². The van der Waals surface area contributed by atoms with Crippen molar-refractivity contribution in [2.24, 2.45) is 0 Å². The molecule has 2 aliphatic heterocycles. The van der Waals surface area contributed by atoms with Crippen molar-refractivity contribution in [1.82, 2.24) is 10.2 Å². The number of thioether (sulfide) groups is 1. The van der Waals surface area contributed by atoms with Crippen LogP contribution in [0.1, 0.15) is 28.1 Å². The molecular weight excluding hydrogens is 348 g/mol. The number of morpholine rings is 1. The molecule has 0 saturated carbocycles. The number of ether oxygens (including phenoxy) is 1. The number of aryl methyl sites for hydroxylation is 2. The number of carbonyl (C=O) groups excluding carboxylic acids is 1. The van der Waals surface area contributed by atoms with E-state index < -0.39 is 0 Å². The molecule has 4 rings (SSSR count). The Morgan fingerprint density at radius 2 is 2.12 bits per heavy atom. The van der Waals surface area contributed by atoms with Crippen LogP contribution in [0.15, 0.2) is 22.6 Å². The number of nitrogens with one attached hydrogen (secondary N) is 1. The molecule has 1 unspecified atom stereocenters. The molecule has 0 aliphatic carbocycles. The normalized spacial score (nSPS) is 24.2. The second-order valence-corrected chi connectivity index (χ2v) is 8.42. The van der Waals surface area contributed by atoms with E-state index in [0.29, 0.717) is 12.3 Å². The van der Waals surface area contributed by atoms with Crippen LogP contribution in [0, 0.1) is 13.8 Å². The molecule has 1 aromatic carbocycles. The van der Waals surface area contributed by atoms with Crippen molar-refractivity contribution in [2.45, 2.75) is 25.8 Å². The van der Waals surface area contributed by atoms with Crippen molar-refractivity contribution in [3.05, 3.63) is 35.1 Å². The highest BCUT2D eigenvalue weighted by Gasteiger charge is 2.41. The zero-order valence-electron chi connectivity index (χ0n) is 15.5. The fourth-order valence-corrected chi connectivity index (χ4v) is 5.54. The van der Waals surface area contributed by atoms with Crippen molar-refractivity contribution in [1.29, 1.82) is 0 Å². The van der Waals surface area contributed by atoms with Crippen LogP contribution in [0.4, 0.5) is 0 Å². The summed E-state index contributed by atoms with van der Waals surface area (Å²) in [5.74, 6) is 2.54. The number of hydrogen-bond acceptors (Lipinski definition) is 5. The molecule has 0 bridgehead atoms. The van der Waals surface area contributed by atoms with Gasteiger partial charge in [-0.3, -0.25) is 9.69 Å². The largest absolute Gasteiger partial charge is 0.450 e. The Morgan fingerprint density at radius 3 is 2.81 bits per heavy atom. The van der Waals surface area contributed by atoms with Crippen molar-refractivity contribution >= 4 is 28.6 Å². The second kappa shape index (κ2) is 7.25. The average molecular weight is 375 g/mol. The summed E-state index contributed by atoms with van der Waals surface area (Å²) < 4.78 is 11.4. The summed E-state index contributed by atoms with van der Waals surface area (Å²) >= 11 is 1.97. The van der Waals surface area contributed by atoms with Gasteiger partial charge in [0, 0.05) is 41.9 Å². The molecule has 5 nitrogen and oxygen atoms in total. The fourth-order valence-electron chi connectivity index (χ4n) is 4.06. The lowest BCUT2D eigenvalue weighted by atomic mass is 9.95. The van der Waals surface area contributed by atoms with Gasteiger partial charge in [-0.2, -0.15) is 11.8 Å². The molecule has 1 N–H and O–H groups in total. The Kier molecular flexibility index (Phi) is 4.99. The zero-order valence-corrected chi connectivity index (χ0v) is 16.3. The van der Waals surface area contributed by atoms with E-state index in [1.165, 1.54) is 0 Å². The Labute approximate surface area is 158 Å². The van der Waals surface area contributed by atoms with Crippen LogP contribution in [-0.4, -0.2) is 60.7 Å². The van der Waals surface area contributed by atoms with Crippen molar-refractivity contribution in [2.75, 3.05) is 44.4 Å². The number of para-hydroxylation sites is 1. The van der Waals surface area contributed by atoms with Crippen LogP contribution in [0.3, 0.4) is 0 Å². The highest BCUT2D eigenvalue weighted by Crippen LogP contribution is 2.34. The van der Waals surface area contributed by atoms with Gasteiger partial charge in [0.25, 0.3) is 5.91 Å². The van der Waals surface area contributed by atoms with Gasteiger partial charge in [-0.25, -0.2) is 0 Å². The summed E-state index contributed by atoms with van der Waals surface area (Å²) in [6.07, 6.45) is 1.11. The lowest BCUT2D eigenvalue weighted by molar-refractivity contribution is -0.0129. The zero-order chi connectivity index (χ0) is 18.1. The summed E-state index contributed by atoms with van der Waals surface area (Å²) in [5.41, 5.74) is 2.83. The summed E-state index contributed by atoms with van der Waals surface area (Å²) in [6, 6.07) is 6.03. The number of nitrogens with zero attached hydrogens (tertiary/aromatic N) is 1. The minimum absolute atomic E-state index is 0.0416. The van der Waals surface area contributed by atoms with Crippen LogP contribution in [0.5, 0.6) is 0 Å². The van der Waals surface area contributed by atoms with Crippen LogP contribution < -0.4 is 5.32 Å². The SMILES string of the molecule is Cc1c(C(=O)NCC2(N3CCOCC3)CCSC2)oc2c(C)cccc12. The molecule has 0 spiro atoms. The molecule has 6 heteroatoms. The van der Waals surface area contributed by atoms with Crippen molar-refractivity contribution in [3.63, 3.8) is 0 Å². The maximum atomic E-state index is 12.9. The summed E-state index contributed by atoms with van der Waals surface area (Å²) in [7, 11) is 0. The van der Waals surface area contributed by atoms with Crippen LogP contribution in [0.2, 0.25) is 0 Å². The number of carbonyl (C=O) groups is 1. The molecule has 1 aromatic heterocycles. The van der Waals surface area contributed by atoms with Crippen molar-refractivity contribution in [3.8, 4) is 0 Å². The van der Waals surface area contributed by atoms with E-state index in [0.717, 1.165) is 66.3 Å². The van der Waals surface area contributed by atoms with Gasteiger partial charge in [-0.15, -0.1) is 0 Å². The highest BCUT2D eigenvalue weighted by molar-refractivity contribution is 7.99. The summed E-state index contributed by atoms with van der Waals surface area (Å²) in [6.45, 7) is 8.08. The first-order chi connectivity index (χ1) is 12.6. The number of amides is 1. The molecule has 2 fully saturated rings. The number of rotatable bonds is 4. The van der Waals surface area contributed by atoms with Gasteiger partial charge in [-0.05, 0) is 31.6 Å². The van der Waals surface area contributed by atoms with E-state index in [1.807, 2.05) is 43.8 Å². The molecule has 0 radical (unpaired) electrons. The first-order valence-corrected chi connectivity index (χ1v) is 10.4. The van der Waals surface area contributed by atoms with E-state index in [4.69, 9.17) is 9.15 Å². The van der Waals surface area contributed by atoms with E-state index in [-0.39, 0.29) is 11.4 Å². The fraction of sp³-hybridized carbons (Fsp3) is 0.550. The van der Waals surface area contributed by atoms with Crippen LogP contribution in [-0.2, 0) is 4.74 Å². The Hall–Kier alpha value is -1.50. The third kappa shape index (κ3) is 3.15. The molecular formula is C20H26N2O3S. The lowest BCUT2D eigenvalue weighted by Crippen LogP contribution is -2.59. The molecule has 2 aliphatic rings. The molecule has 1 amide bonds. The van der Waals surface area contributed by atoms with Gasteiger partial charge in [0.15, 0.2) is 5.76 Å². The third-order valence-electron chi connectivity index (χ3n) is 5.71. The molecule has 1 atom stereocenters. The Balaban J connectivity index is 1.52. The molecule has 2 saturated heterocycles. The smallest absolute Gasteiger partial charge is 0.287 e. The standard InChI is InChI=1S/C20H26N2O3S/c1-14-4-3-5-16-15(2)18(25-17(14)16)19(23)21-12-20(6-11-26-13-20)22-7-9-24-10-8-22/h3-5H,6-13H2,1-2H3,(H,21,23). The second-order valence-electron chi connectivity index (χ2n) is 7.32. The Bertz CT molecular complexity index is 805. The minimum atomic E-state index is -0.109. The third-order valence-corrected chi connectivity index (χ3v) is 6.94. The maximum absolute atomic E-state index is 12.9. The lowest BCUT2D eigenvalue weighted by Gasteiger charge is -2.42. The van der Waals surface area contributed by atoms with Crippen LogP contribution >= 0.6 is 11.8 Å². The predicted molar refractivity (Wildman–Crippen MR) is 105 cm³/mol. The number of benzene rings is 1. The van der Waals surface area contributed by atoms with Gasteiger partial charge in [0.05, 0.1) is 13.2 Å². The molecule has 3 heterocycles. The average Bonchev–Trinajstić information content (AvgIpc) is 3.28. The summed E-state index contributed by atoms with van der Waals surface area (Å²) in [4.78, 5) is 15.4. The van der Waals surface area contributed by atoms with Gasteiger partial charge >= 0.3 is 0 Å². The number of hydrogen-bond donors (Lipinski definition) is 1. The van der Waals surface area contributed by atoms with E-state index in [2.05, 4.69) is 10.2 Å². The van der Waals surface area contributed by atoms with Gasteiger partial charge in [0.2, 0.25) is 0 Å². The van der Waals surface area contributed by atoms with E-state index in [9.17, 15) is 4.79 Å². The van der Waals surface area contributed by atoms with Crippen LogP contribution in [0.25, 0.3) is 11.0 Å². The first kappa shape index (κ1) is 17.9. The molecule has 140 valence electrons. The van der Waals surface area contributed by atoms with E-state index >= 15 is 0 Å². The first-order valence-electron chi connectivity index (χ1n) is 9.28. The van der Waals surface area contributed by atoms with Crippen molar-refractivity contribution < 1.29 is 13.9 Å². The van der Waals surface area contributed by atoms with Gasteiger partial charge in [-0.1, -0.05) is 18.2 Å². The molecule has 26 heavy (non-hydrogen) atoms. The number of fused-ring (bicyclic) bond motifs is 1. The number of furan rings is 1. The summed E-state index contributed by atoms with van der Waals surface area (Å²) in [5, 5.41) is 4.19. The van der Waals surface area contributed by atoms with E-state index in [1.54, 1.807) is 0 Å². The maximum Gasteiger partial charge on any atom is 0.287 e. The predicted octanol–water partition coefficient (Wildman–Crippen LogP) is 2.99. The topological polar surface area (TPSA) is 54.7 Å². The monoisotopic (exact) mass is 374 g/mol. The minimum Gasteiger partial charge on any atom is -0.450 e. The van der Waals surface area contributed by atoms with Gasteiger partial charge in [0.1, 0.15) is 5.58 Å².